The lowest BCUT2D eigenvalue weighted by atomic mass is 10.1. The first-order valence-corrected chi connectivity index (χ1v) is 6.99. The maximum Gasteiger partial charge on any atom is 0.238 e. The molecule has 20 heavy (non-hydrogen) atoms. The van der Waals surface area contributed by atoms with Crippen LogP contribution in [0.15, 0.2) is 24.3 Å². The summed E-state index contributed by atoms with van der Waals surface area (Å²) in [5.74, 6) is -0.499. The van der Waals surface area contributed by atoms with Crippen molar-refractivity contribution in [2.24, 2.45) is 0 Å². The van der Waals surface area contributed by atoms with Crippen molar-refractivity contribution in [3.8, 4) is 0 Å². The standard InChI is InChI=1S/C15H21FN2O2/c1-18(10-14-7-2-3-8-20-14)11-15(19)17-13-6-4-5-12(16)9-13/h4-6,9,14H,2-3,7-8,10-11H2,1H3,(H,17,19)/t14-/m0/s1. The van der Waals surface area contributed by atoms with Gasteiger partial charge in [0.25, 0.3) is 0 Å². The summed E-state index contributed by atoms with van der Waals surface area (Å²) < 4.78 is 18.7. The zero-order valence-electron chi connectivity index (χ0n) is 11.8. The minimum absolute atomic E-state index is 0.145. The SMILES string of the molecule is CN(CC(=O)Nc1cccc(F)c1)C[C@@H]1CCCCO1. The van der Waals surface area contributed by atoms with Crippen LogP contribution in [-0.2, 0) is 9.53 Å². The van der Waals surface area contributed by atoms with E-state index in [1.54, 1.807) is 12.1 Å². The first-order chi connectivity index (χ1) is 9.63. The number of carbonyl (C=O) groups is 1. The summed E-state index contributed by atoms with van der Waals surface area (Å²) in [6.07, 6.45) is 3.58. The lowest BCUT2D eigenvalue weighted by molar-refractivity contribution is -0.117. The molecule has 1 heterocycles. The van der Waals surface area contributed by atoms with E-state index in [4.69, 9.17) is 4.74 Å². The highest BCUT2D eigenvalue weighted by molar-refractivity contribution is 5.92. The third-order valence-corrected chi connectivity index (χ3v) is 3.31. The number of nitrogens with zero attached hydrogens (tertiary/aromatic N) is 1. The molecule has 0 unspecified atom stereocenters. The second kappa shape index (κ2) is 7.36. The highest BCUT2D eigenvalue weighted by Gasteiger charge is 2.17. The van der Waals surface area contributed by atoms with Crippen LogP contribution in [0.3, 0.4) is 0 Å². The van der Waals surface area contributed by atoms with Crippen molar-refractivity contribution in [3.63, 3.8) is 0 Å². The second-order valence-corrected chi connectivity index (χ2v) is 5.24. The zero-order valence-corrected chi connectivity index (χ0v) is 11.8. The number of hydrogen-bond donors (Lipinski definition) is 1. The fourth-order valence-corrected chi connectivity index (χ4v) is 2.38. The smallest absolute Gasteiger partial charge is 0.238 e. The molecule has 0 aromatic heterocycles. The van der Waals surface area contributed by atoms with Gasteiger partial charge in [-0.25, -0.2) is 4.39 Å². The Morgan fingerprint density at radius 1 is 1.50 bits per heavy atom. The third kappa shape index (κ3) is 4.90. The summed E-state index contributed by atoms with van der Waals surface area (Å²) in [5.41, 5.74) is 0.484. The molecule has 1 N–H and O–H groups in total. The summed E-state index contributed by atoms with van der Waals surface area (Å²) in [4.78, 5) is 13.8. The molecule has 1 aromatic rings. The Balaban J connectivity index is 1.75. The molecule has 110 valence electrons. The fraction of sp³-hybridized carbons (Fsp3) is 0.533. The quantitative estimate of drug-likeness (QED) is 0.899. The van der Waals surface area contributed by atoms with Crippen molar-refractivity contribution in [1.29, 1.82) is 0 Å². The first-order valence-electron chi connectivity index (χ1n) is 6.99. The number of anilines is 1. The molecule has 5 heteroatoms. The van der Waals surface area contributed by atoms with Gasteiger partial charge in [0.05, 0.1) is 12.6 Å². The van der Waals surface area contributed by atoms with Crippen LogP contribution in [-0.4, -0.2) is 43.7 Å². The Morgan fingerprint density at radius 2 is 2.35 bits per heavy atom. The topological polar surface area (TPSA) is 41.6 Å². The Morgan fingerprint density at radius 3 is 3.05 bits per heavy atom. The number of nitrogens with one attached hydrogen (secondary N) is 1. The highest BCUT2D eigenvalue weighted by Crippen LogP contribution is 2.13. The average molecular weight is 280 g/mol. The largest absolute Gasteiger partial charge is 0.377 e. The summed E-state index contributed by atoms with van der Waals surface area (Å²) >= 11 is 0. The van der Waals surface area contributed by atoms with Crippen LogP contribution >= 0.6 is 0 Å². The van der Waals surface area contributed by atoms with Crippen molar-refractivity contribution in [2.75, 3.05) is 32.1 Å². The Bertz CT molecular complexity index is 447. The van der Waals surface area contributed by atoms with E-state index in [1.807, 2.05) is 11.9 Å². The van der Waals surface area contributed by atoms with Crippen molar-refractivity contribution in [1.82, 2.24) is 4.90 Å². The number of carbonyl (C=O) groups excluding carboxylic acids is 1. The van der Waals surface area contributed by atoms with E-state index in [-0.39, 0.29) is 24.4 Å². The molecule has 1 aliphatic rings. The van der Waals surface area contributed by atoms with Crippen molar-refractivity contribution in [3.05, 3.63) is 30.1 Å². The van der Waals surface area contributed by atoms with E-state index in [9.17, 15) is 9.18 Å². The highest BCUT2D eigenvalue weighted by atomic mass is 19.1. The fourth-order valence-electron chi connectivity index (χ4n) is 2.38. The van der Waals surface area contributed by atoms with Crippen LogP contribution < -0.4 is 5.32 Å². The monoisotopic (exact) mass is 280 g/mol. The summed E-state index contributed by atoms with van der Waals surface area (Å²) in [6.45, 7) is 1.83. The number of amides is 1. The van der Waals surface area contributed by atoms with Gasteiger partial charge >= 0.3 is 0 Å². The van der Waals surface area contributed by atoms with Crippen LogP contribution in [0.1, 0.15) is 19.3 Å². The van der Waals surface area contributed by atoms with Crippen molar-refractivity contribution in [2.45, 2.75) is 25.4 Å². The molecule has 2 rings (SSSR count). The lowest BCUT2D eigenvalue weighted by Gasteiger charge is -2.27. The molecule has 0 aliphatic carbocycles. The number of likely N-dealkylation sites (N-methyl/N-ethyl adjacent to an activating group) is 1. The molecule has 1 atom stereocenters. The van der Waals surface area contributed by atoms with Gasteiger partial charge in [-0.1, -0.05) is 6.07 Å². The maximum atomic E-state index is 13.0. The molecular weight excluding hydrogens is 259 g/mol. The van der Waals surface area contributed by atoms with Gasteiger partial charge in [0, 0.05) is 18.8 Å². The second-order valence-electron chi connectivity index (χ2n) is 5.24. The van der Waals surface area contributed by atoms with Crippen LogP contribution in [0, 0.1) is 5.82 Å². The van der Waals surface area contributed by atoms with E-state index < -0.39 is 0 Å². The maximum absolute atomic E-state index is 13.0. The normalized spacial score (nSPS) is 19.1. The van der Waals surface area contributed by atoms with E-state index in [2.05, 4.69) is 5.32 Å². The molecule has 1 fully saturated rings. The number of benzene rings is 1. The van der Waals surface area contributed by atoms with Crippen molar-refractivity contribution < 1.29 is 13.9 Å². The number of hydrogen-bond acceptors (Lipinski definition) is 3. The number of rotatable bonds is 5. The molecule has 4 nitrogen and oxygen atoms in total. The van der Waals surface area contributed by atoms with Gasteiger partial charge in [0.1, 0.15) is 5.82 Å². The molecule has 1 aromatic carbocycles. The molecular formula is C15H21FN2O2. The first kappa shape index (κ1) is 14.9. The summed E-state index contributed by atoms with van der Waals surface area (Å²) in [7, 11) is 1.89. The van der Waals surface area contributed by atoms with Gasteiger partial charge < -0.3 is 10.1 Å². The summed E-state index contributed by atoms with van der Waals surface area (Å²) in [5, 5.41) is 2.69. The zero-order chi connectivity index (χ0) is 14.4. The Kier molecular flexibility index (Phi) is 5.49. The predicted octanol–water partition coefficient (Wildman–Crippen LogP) is 2.27. The van der Waals surface area contributed by atoms with E-state index >= 15 is 0 Å². The van der Waals surface area contributed by atoms with Gasteiger partial charge in [-0.05, 0) is 44.5 Å². The average Bonchev–Trinajstić information content (AvgIpc) is 2.39. The van der Waals surface area contributed by atoms with Gasteiger partial charge in [0.2, 0.25) is 5.91 Å². The molecule has 1 saturated heterocycles. The Hall–Kier alpha value is -1.46. The van der Waals surface area contributed by atoms with E-state index in [0.717, 1.165) is 26.0 Å². The van der Waals surface area contributed by atoms with Gasteiger partial charge in [-0.2, -0.15) is 0 Å². The van der Waals surface area contributed by atoms with Gasteiger partial charge in [-0.3, -0.25) is 9.69 Å². The van der Waals surface area contributed by atoms with Gasteiger partial charge in [0.15, 0.2) is 0 Å². The van der Waals surface area contributed by atoms with Gasteiger partial charge in [-0.15, -0.1) is 0 Å². The van der Waals surface area contributed by atoms with Crippen LogP contribution in [0.25, 0.3) is 0 Å². The van der Waals surface area contributed by atoms with Crippen LogP contribution in [0.2, 0.25) is 0 Å². The minimum atomic E-state index is -0.355. The minimum Gasteiger partial charge on any atom is -0.377 e. The third-order valence-electron chi connectivity index (χ3n) is 3.31. The number of halogens is 1. The van der Waals surface area contributed by atoms with Crippen LogP contribution in [0.5, 0.6) is 0 Å². The molecule has 0 bridgehead atoms. The summed E-state index contributed by atoms with van der Waals surface area (Å²) in [6, 6.07) is 5.90. The molecule has 1 amide bonds. The Labute approximate surface area is 118 Å². The van der Waals surface area contributed by atoms with E-state index in [0.29, 0.717) is 5.69 Å². The molecule has 0 saturated carbocycles. The molecule has 0 spiro atoms. The lowest BCUT2D eigenvalue weighted by Crippen LogP contribution is -2.37. The van der Waals surface area contributed by atoms with E-state index in [1.165, 1.54) is 18.6 Å². The predicted molar refractivity (Wildman–Crippen MR) is 76.1 cm³/mol. The van der Waals surface area contributed by atoms with Crippen molar-refractivity contribution >= 4 is 11.6 Å². The molecule has 0 radical (unpaired) electrons. The number of ether oxygens (including phenoxy) is 1. The molecule has 1 aliphatic heterocycles. The van der Waals surface area contributed by atoms with Crippen LogP contribution in [0.4, 0.5) is 10.1 Å².